The maximum atomic E-state index is 2.39. The number of fused-ring (bicyclic) bond motifs is 6. The van der Waals surface area contributed by atoms with Gasteiger partial charge in [0.25, 0.3) is 0 Å². The van der Waals surface area contributed by atoms with Crippen LogP contribution in [-0.2, 0) is 0 Å². The van der Waals surface area contributed by atoms with Crippen LogP contribution in [0.1, 0.15) is 0 Å². The number of aromatic nitrogens is 1. The third-order valence-corrected chi connectivity index (χ3v) is 12.3. The van der Waals surface area contributed by atoms with Crippen molar-refractivity contribution in [3.8, 4) is 16.8 Å². The summed E-state index contributed by atoms with van der Waals surface area (Å²) in [6.45, 7) is 0. The van der Waals surface area contributed by atoms with Crippen LogP contribution in [0.5, 0.6) is 0 Å². The highest BCUT2D eigenvalue weighted by Gasteiger charge is 2.19. The monoisotopic (exact) mass is 759 g/mol. The zero-order chi connectivity index (χ0) is 38.4. The van der Waals surface area contributed by atoms with Gasteiger partial charge in [0.2, 0.25) is 0 Å². The molecule has 0 amide bonds. The molecule has 0 aliphatic carbocycles. The minimum absolute atomic E-state index is 1.07. The van der Waals surface area contributed by atoms with E-state index in [4.69, 9.17) is 0 Å². The quantitative estimate of drug-likeness (QED) is 0.153. The van der Waals surface area contributed by atoms with Gasteiger partial charge in [-0.05, 0) is 108 Å². The van der Waals surface area contributed by atoms with E-state index >= 15 is 0 Å². The molecule has 0 N–H and O–H groups in total. The summed E-state index contributed by atoms with van der Waals surface area (Å²) in [6.07, 6.45) is 0. The fraction of sp³-hybridized carbons (Fsp3) is 0. The maximum Gasteiger partial charge on any atom is 0.0547 e. The Bertz CT molecular complexity index is 3240. The Labute approximate surface area is 341 Å². The predicted molar refractivity (Wildman–Crippen MR) is 248 cm³/mol. The van der Waals surface area contributed by atoms with Crippen molar-refractivity contribution in [1.82, 2.24) is 4.57 Å². The molecule has 0 unspecified atom stereocenters. The van der Waals surface area contributed by atoms with Crippen LogP contribution in [0.25, 0.3) is 58.8 Å². The summed E-state index contributed by atoms with van der Waals surface area (Å²) in [6, 6.07) is 81.1. The van der Waals surface area contributed by atoms with Crippen LogP contribution in [0.15, 0.2) is 224 Å². The van der Waals surface area contributed by atoms with Crippen LogP contribution in [-0.4, -0.2) is 4.57 Å². The van der Waals surface area contributed by atoms with Crippen molar-refractivity contribution in [2.24, 2.45) is 0 Å². The van der Waals surface area contributed by atoms with E-state index in [2.05, 4.69) is 239 Å². The summed E-state index contributed by atoms with van der Waals surface area (Å²) in [7, 11) is 0. The molecule has 4 heteroatoms. The number of para-hydroxylation sites is 4. The predicted octanol–water partition coefficient (Wildman–Crippen LogP) is 15.8. The Hall–Kier alpha value is -7.40. The van der Waals surface area contributed by atoms with Gasteiger partial charge in [0, 0.05) is 70.8 Å². The van der Waals surface area contributed by atoms with Crippen LogP contribution in [0.4, 0.5) is 34.1 Å². The van der Waals surface area contributed by atoms with Gasteiger partial charge in [-0.2, -0.15) is 0 Å². The molecule has 58 heavy (non-hydrogen) atoms. The summed E-state index contributed by atoms with van der Waals surface area (Å²) in [4.78, 5) is 4.73. The first-order valence-electron chi connectivity index (χ1n) is 19.7. The summed E-state index contributed by atoms with van der Waals surface area (Å²) in [5, 5.41) is 5.10. The van der Waals surface area contributed by atoms with E-state index in [0.29, 0.717) is 0 Å². The first kappa shape index (κ1) is 33.9. The summed E-state index contributed by atoms with van der Waals surface area (Å²) >= 11 is 1.85. The molecule has 0 aliphatic rings. The molecule has 2 heterocycles. The van der Waals surface area contributed by atoms with E-state index in [1.54, 1.807) is 0 Å². The van der Waals surface area contributed by atoms with Crippen molar-refractivity contribution in [1.29, 1.82) is 0 Å². The van der Waals surface area contributed by atoms with E-state index in [1.165, 1.54) is 47.5 Å². The number of hydrogen-bond acceptors (Lipinski definition) is 3. The van der Waals surface area contributed by atoms with Crippen LogP contribution >= 0.6 is 11.3 Å². The minimum Gasteiger partial charge on any atom is -0.310 e. The molecule has 9 aromatic carbocycles. The Morgan fingerprint density at radius 2 is 0.793 bits per heavy atom. The zero-order valence-electron chi connectivity index (χ0n) is 31.6. The molecule has 0 saturated heterocycles. The molecule has 0 bridgehead atoms. The van der Waals surface area contributed by atoms with Crippen LogP contribution in [0, 0.1) is 0 Å². The highest BCUT2D eigenvalue weighted by molar-refractivity contribution is 7.25. The van der Waals surface area contributed by atoms with Gasteiger partial charge in [-0.1, -0.05) is 127 Å². The molecule has 0 fully saturated rings. The summed E-state index contributed by atoms with van der Waals surface area (Å²) in [5.74, 6) is 0. The number of hydrogen-bond donors (Lipinski definition) is 0. The van der Waals surface area contributed by atoms with Crippen molar-refractivity contribution in [2.75, 3.05) is 9.80 Å². The molecular formula is C54H37N3S. The van der Waals surface area contributed by atoms with Gasteiger partial charge in [-0.15, -0.1) is 11.3 Å². The fourth-order valence-corrected chi connectivity index (χ4v) is 9.64. The number of nitrogens with zero attached hydrogens (tertiary/aromatic N) is 3. The topological polar surface area (TPSA) is 11.4 Å². The van der Waals surface area contributed by atoms with E-state index in [0.717, 1.165) is 45.4 Å². The van der Waals surface area contributed by atoms with Crippen LogP contribution in [0.2, 0.25) is 0 Å². The highest BCUT2D eigenvalue weighted by atomic mass is 32.1. The maximum absolute atomic E-state index is 2.39. The third kappa shape index (κ3) is 5.90. The molecule has 3 nitrogen and oxygen atoms in total. The van der Waals surface area contributed by atoms with Crippen molar-refractivity contribution in [2.45, 2.75) is 0 Å². The van der Waals surface area contributed by atoms with Gasteiger partial charge in [-0.25, -0.2) is 0 Å². The number of benzene rings is 9. The Morgan fingerprint density at radius 3 is 1.52 bits per heavy atom. The van der Waals surface area contributed by atoms with Crippen molar-refractivity contribution in [3.63, 3.8) is 0 Å². The highest BCUT2D eigenvalue weighted by Crippen LogP contribution is 2.44. The number of thiophene rings is 1. The lowest BCUT2D eigenvalue weighted by Crippen LogP contribution is -2.13. The van der Waals surface area contributed by atoms with E-state index < -0.39 is 0 Å². The van der Waals surface area contributed by atoms with Gasteiger partial charge in [0.05, 0.1) is 11.0 Å². The van der Waals surface area contributed by atoms with Crippen LogP contribution in [0.3, 0.4) is 0 Å². The Morgan fingerprint density at radius 1 is 0.293 bits per heavy atom. The fourth-order valence-electron chi connectivity index (χ4n) is 8.50. The standard InChI is InChI=1S/C54H37N3S/c1-4-17-40(18-5-1)55(43-23-14-16-38(34-43)39-30-32-48-47-26-10-12-28-51(47)57(52(48)35-39)42-21-8-3-9-22-42)44-24-15-25-45(36-44)56(41-19-6-2-7-20-41)46-31-33-50-49-27-11-13-29-53(49)58-54(50)37-46/h1-37H. The van der Waals surface area contributed by atoms with Gasteiger partial charge in [-0.3, -0.25) is 0 Å². The largest absolute Gasteiger partial charge is 0.310 e. The normalized spacial score (nSPS) is 11.4. The van der Waals surface area contributed by atoms with Gasteiger partial charge in [0.15, 0.2) is 0 Å². The molecule has 0 spiro atoms. The lowest BCUT2D eigenvalue weighted by atomic mass is 10.0. The lowest BCUT2D eigenvalue weighted by Gasteiger charge is -2.29. The molecule has 11 rings (SSSR count). The van der Waals surface area contributed by atoms with Gasteiger partial charge >= 0.3 is 0 Å². The molecule has 0 saturated carbocycles. The molecule has 0 aliphatic heterocycles. The Balaban J connectivity index is 1.04. The number of anilines is 6. The van der Waals surface area contributed by atoms with Gasteiger partial charge < -0.3 is 14.4 Å². The first-order chi connectivity index (χ1) is 28.8. The zero-order valence-corrected chi connectivity index (χ0v) is 32.4. The smallest absolute Gasteiger partial charge is 0.0547 e. The molecule has 11 aromatic rings. The second-order valence-corrected chi connectivity index (χ2v) is 15.7. The Kier molecular flexibility index (Phi) is 8.34. The summed E-state index contributed by atoms with van der Waals surface area (Å²) < 4.78 is 4.97. The van der Waals surface area contributed by atoms with Crippen molar-refractivity contribution < 1.29 is 0 Å². The number of rotatable bonds is 8. The first-order valence-corrected chi connectivity index (χ1v) is 20.5. The van der Waals surface area contributed by atoms with Crippen LogP contribution < -0.4 is 9.80 Å². The summed E-state index contributed by atoms with van der Waals surface area (Å²) in [5.41, 5.74) is 12.4. The van der Waals surface area contributed by atoms with E-state index in [9.17, 15) is 0 Å². The second-order valence-electron chi connectivity index (χ2n) is 14.6. The van der Waals surface area contributed by atoms with Crippen molar-refractivity contribution in [3.05, 3.63) is 224 Å². The molecular weight excluding hydrogens is 723 g/mol. The molecule has 274 valence electrons. The van der Waals surface area contributed by atoms with Gasteiger partial charge in [0.1, 0.15) is 0 Å². The molecule has 2 aromatic heterocycles. The molecule has 0 radical (unpaired) electrons. The van der Waals surface area contributed by atoms with E-state index in [-0.39, 0.29) is 0 Å². The SMILES string of the molecule is c1ccc(N(c2cccc(-c3ccc4c5ccccc5n(-c5ccccc5)c4c3)c2)c2cccc(N(c3ccccc3)c3ccc4c(c3)sc3ccccc34)c2)cc1. The third-order valence-electron chi connectivity index (χ3n) is 11.1. The minimum atomic E-state index is 1.07. The lowest BCUT2D eigenvalue weighted by molar-refractivity contribution is 1.18. The van der Waals surface area contributed by atoms with Crippen molar-refractivity contribution >= 4 is 87.4 Å². The van der Waals surface area contributed by atoms with E-state index in [1.807, 2.05) is 11.3 Å². The molecule has 0 atom stereocenters. The average molecular weight is 760 g/mol. The average Bonchev–Trinajstić information content (AvgIpc) is 3.83. The second kappa shape index (κ2) is 14.3.